The van der Waals surface area contributed by atoms with Crippen molar-refractivity contribution < 1.29 is 26.0 Å². The van der Waals surface area contributed by atoms with E-state index < -0.39 is 33.6 Å². The van der Waals surface area contributed by atoms with Gasteiger partial charge in [-0.25, -0.2) is 17.8 Å². The van der Waals surface area contributed by atoms with Crippen molar-refractivity contribution in [1.29, 1.82) is 0 Å². The molecule has 138 valence electrons. The number of sulfone groups is 1. The van der Waals surface area contributed by atoms with Crippen LogP contribution in [0, 0.1) is 0 Å². The normalized spacial score (nSPS) is 18.0. The van der Waals surface area contributed by atoms with E-state index in [1.807, 2.05) is 0 Å². The Bertz CT molecular complexity index is 987. The molecule has 1 aliphatic carbocycles. The molecule has 1 N–H and O–H groups in total. The van der Waals surface area contributed by atoms with E-state index in [1.165, 1.54) is 42.5 Å². The minimum atomic E-state index is -4.67. The molecule has 1 unspecified atom stereocenters. The number of nitrogens with one attached hydrogen (secondary N) is 1. The number of allylic oxidation sites excluding steroid dienone is 4. The van der Waals surface area contributed by atoms with Crippen LogP contribution < -0.4 is 0 Å². The van der Waals surface area contributed by atoms with Gasteiger partial charge in [-0.2, -0.15) is 13.2 Å². The quantitative estimate of drug-likeness (QED) is 0.796. The summed E-state index contributed by atoms with van der Waals surface area (Å²) in [4.78, 5) is 6.00. The maximum Gasteiger partial charge on any atom is 0.449 e. The summed E-state index contributed by atoms with van der Waals surface area (Å²) in [6.07, 6.45) is 0.512. The molecule has 0 aliphatic heterocycles. The second-order valence-corrected chi connectivity index (χ2v) is 7.95. The van der Waals surface area contributed by atoms with E-state index in [2.05, 4.69) is 9.97 Å². The number of alkyl halides is 3. The Morgan fingerprint density at radius 1 is 1.19 bits per heavy atom. The molecule has 9 heteroatoms. The summed E-state index contributed by atoms with van der Waals surface area (Å²) in [5.74, 6) is -2.10. The lowest BCUT2D eigenvalue weighted by atomic mass is 9.94. The van der Waals surface area contributed by atoms with E-state index >= 15 is 0 Å². The van der Waals surface area contributed by atoms with Gasteiger partial charge in [-0.3, -0.25) is 0 Å². The lowest BCUT2D eigenvalue weighted by molar-refractivity contribution is -0.144. The Labute approximate surface area is 147 Å². The Balaban J connectivity index is 2.08. The molecular formula is C17H14F4N2O2S. The van der Waals surface area contributed by atoms with Crippen LogP contribution in [0.15, 0.2) is 53.2 Å². The number of nitrogens with zero attached hydrogens (tertiary/aromatic N) is 1. The lowest BCUT2D eigenvalue weighted by Crippen LogP contribution is -2.08. The first-order valence-corrected chi connectivity index (χ1v) is 9.46. The summed E-state index contributed by atoms with van der Waals surface area (Å²) >= 11 is 0. The van der Waals surface area contributed by atoms with Gasteiger partial charge < -0.3 is 4.98 Å². The van der Waals surface area contributed by atoms with Crippen LogP contribution >= 0.6 is 0 Å². The van der Waals surface area contributed by atoms with Gasteiger partial charge >= 0.3 is 6.18 Å². The van der Waals surface area contributed by atoms with Crippen molar-refractivity contribution in [1.82, 2.24) is 9.97 Å². The number of rotatable bonds is 3. The second-order valence-electron chi connectivity index (χ2n) is 5.93. The van der Waals surface area contributed by atoms with Gasteiger partial charge in [-0.15, -0.1) is 0 Å². The highest BCUT2D eigenvalue weighted by Gasteiger charge is 2.37. The molecule has 0 fully saturated rings. The molecule has 1 aromatic heterocycles. The summed E-state index contributed by atoms with van der Waals surface area (Å²) in [6.45, 7) is 0. The number of benzene rings is 1. The third-order valence-corrected chi connectivity index (χ3v) is 5.11. The van der Waals surface area contributed by atoms with Gasteiger partial charge in [0.05, 0.1) is 16.3 Å². The number of imidazole rings is 1. The maximum absolute atomic E-state index is 13.2. The van der Waals surface area contributed by atoms with Gasteiger partial charge in [0, 0.05) is 17.7 Å². The van der Waals surface area contributed by atoms with Gasteiger partial charge in [-0.05, 0) is 30.7 Å². The van der Waals surface area contributed by atoms with Crippen molar-refractivity contribution in [2.75, 3.05) is 6.26 Å². The van der Waals surface area contributed by atoms with Gasteiger partial charge in [0.15, 0.2) is 9.84 Å². The maximum atomic E-state index is 13.2. The van der Waals surface area contributed by atoms with Gasteiger partial charge in [-0.1, -0.05) is 18.2 Å². The smallest absolute Gasteiger partial charge is 0.337 e. The lowest BCUT2D eigenvalue weighted by Gasteiger charge is -2.14. The van der Waals surface area contributed by atoms with Crippen molar-refractivity contribution in [3.8, 4) is 11.3 Å². The Morgan fingerprint density at radius 2 is 1.85 bits per heavy atom. The largest absolute Gasteiger partial charge is 0.449 e. The predicted octanol–water partition coefficient (Wildman–Crippen LogP) is 4.40. The molecule has 1 aromatic carbocycles. The zero-order valence-corrected chi connectivity index (χ0v) is 14.3. The number of halogens is 4. The van der Waals surface area contributed by atoms with Crippen molar-refractivity contribution >= 4 is 9.84 Å². The Hall–Kier alpha value is -2.42. The molecule has 1 aliphatic rings. The van der Waals surface area contributed by atoms with Crippen LogP contribution in [0.4, 0.5) is 17.6 Å². The highest BCUT2D eigenvalue weighted by molar-refractivity contribution is 7.90. The fraction of sp³-hybridized carbons (Fsp3) is 0.235. The molecule has 4 nitrogen and oxygen atoms in total. The molecule has 1 heterocycles. The topological polar surface area (TPSA) is 62.8 Å². The first kappa shape index (κ1) is 18.4. The summed E-state index contributed by atoms with van der Waals surface area (Å²) in [6, 6.07) is 5.43. The van der Waals surface area contributed by atoms with Crippen LogP contribution in [-0.4, -0.2) is 24.6 Å². The second kappa shape index (κ2) is 6.39. The molecule has 0 saturated carbocycles. The fourth-order valence-electron chi connectivity index (χ4n) is 2.68. The molecule has 1 atom stereocenters. The van der Waals surface area contributed by atoms with Gasteiger partial charge in [0.1, 0.15) is 5.83 Å². The van der Waals surface area contributed by atoms with E-state index in [9.17, 15) is 26.0 Å². The molecular weight excluding hydrogens is 372 g/mol. The molecule has 0 bridgehead atoms. The summed E-state index contributed by atoms with van der Waals surface area (Å²) in [5, 5.41) is 0. The number of aromatic amines is 1. The highest BCUT2D eigenvalue weighted by Crippen LogP contribution is 2.37. The summed E-state index contributed by atoms with van der Waals surface area (Å²) in [7, 11) is -3.43. The van der Waals surface area contributed by atoms with Crippen LogP contribution in [0.3, 0.4) is 0 Å². The molecule has 0 radical (unpaired) electrons. The van der Waals surface area contributed by atoms with Crippen LogP contribution in [-0.2, 0) is 16.0 Å². The number of hydrogen-bond acceptors (Lipinski definition) is 3. The monoisotopic (exact) mass is 386 g/mol. The summed E-state index contributed by atoms with van der Waals surface area (Å²) in [5.41, 5.74) is 0.592. The van der Waals surface area contributed by atoms with E-state index in [0.717, 1.165) is 6.26 Å². The van der Waals surface area contributed by atoms with Gasteiger partial charge in [0.25, 0.3) is 0 Å². The number of hydrogen-bond donors (Lipinski definition) is 1. The Kier molecular flexibility index (Phi) is 4.51. The highest BCUT2D eigenvalue weighted by atomic mass is 32.2. The van der Waals surface area contributed by atoms with Gasteiger partial charge in [0.2, 0.25) is 5.82 Å². The molecule has 26 heavy (non-hydrogen) atoms. The molecule has 0 spiro atoms. The third kappa shape index (κ3) is 3.72. The molecule has 3 rings (SSSR count). The van der Waals surface area contributed by atoms with Crippen molar-refractivity contribution in [2.45, 2.75) is 23.4 Å². The number of H-pyrrole nitrogens is 1. The fourth-order valence-corrected chi connectivity index (χ4v) is 3.31. The SMILES string of the molecule is CS(=O)(=O)c1ccc(-c2nc(C(F)(F)F)[nH]c2C2C=CC(F)=CC2)cc1. The zero-order valence-electron chi connectivity index (χ0n) is 13.5. The van der Waals surface area contributed by atoms with E-state index in [-0.39, 0.29) is 22.7 Å². The van der Waals surface area contributed by atoms with Crippen LogP contribution in [0.25, 0.3) is 11.3 Å². The van der Waals surface area contributed by atoms with Crippen molar-refractivity contribution in [3.63, 3.8) is 0 Å². The average molecular weight is 386 g/mol. The Morgan fingerprint density at radius 3 is 2.35 bits per heavy atom. The predicted molar refractivity (Wildman–Crippen MR) is 87.8 cm³/mol. The van der Waals surface area contributed by atoms with Crippen LogP contribution in [0.2, 0.25) is 0 Å². The third-order valence-electron chi connectivity index (χ3n) is 3.98. The summed E-state index contributed by atoms with van der Waals surface area (Å²) < 4.78 is 75.5. The van der Waals surface area contributed by atoms with Crippen molar-refractivity contribution in [2.24, 2.45) is 0 Å². The van der Waals surface area contributed by atoms with E-state index in [4.69, 9.17) is 0 Å². The van der Waals surface area contributed by atoms with Crippen LogP contribution in [0.5, 0.6) is 0 Å². The number of aromatic nitrogens is 2. The molecule has 2 aromatic rings. The average Bonchev–Trinajstić information content (AvgIpc) is 3.00. The van der Waals surface area contributed by atoms with E-state index in [1.54, 1.807) is 0 Å². The zero-order chi connectivity index (χ0) is 19.1. The minimum absolute atomic E-state index is 0.0527. The minimum Gasteiger partial charge on any atom is -0.337 e. The standard InChI is InChI=1S/C17H14F4N2O2S/c1-26(24,25)13-8-4-11(5-9-13)15-14(10-2-6-12(18)7-3-10)22-16(23-15)17(19,20)21/h2,4-10H,3H2,1H3,(H,22,23). The molecule has 0 amide bonds. The molecule has 0 saturated heterocycles. The van der Waals surface area contributed by atoms with E-state index in [0.29, 0.717) is 5.56 Å². The first-order valence-electron chi connectivity index (χ1n) is 7.57. The first-order chi connectivity index (χ1) is 12.1. The van der Waals surface area contributed by atoms with Crippen molar-refractivity contribution in [3.05, 3.63) is 59.8 Å². The van der Waals surface area contributed by atoms with Crippen LogP contribution in [0.1, 0.15) is 23.9 Å².